The first-order valence-electron chi connectivity index (χ1n) is 7.39. The van der Waals surface area contributed by atoms with E-state index in [9.17, 15) is 18.0 Å². The van der Waals surface area contributed by atoms with Crippen molar-refractivity contribution >= 4 is 6.03 Å². The number of rotatable bonds is 5. The van der Waals surface area contributed by atoms with Crippen molar-refractivity contribution in [1.82, 2.24) is 10.2 Å². The van der Waals surface area contributed by atoms with E-state index in [1.807, 2.05) is 13.8 Å². The Balaban J connectivity index is 2.44. The molecule has 2 atom stereocenters. The quantitative estimate of drug-likeness (QED) is 0.847. The number of nitrogens with one attached hydrogen (secondary N) is 1. The molecule has 0 aromatic carbocycles. The summed E-state index contributed by atoms with van der Waals surface area (Å²) in [5.74, 6) is -0.0504. The lowest BCUT2D eigenvalue weighted by molar-refractivity contribution is -0.193. The number of carbonyl (C=O) groups excluding carboxylic acids is 1. The Labute approximate surface area is 124 Å². The van der Waals surface area contributed by atoms with Gasteiger partial charge in [0, 0.05) is 25.6 Å². The highest BCUT2D eigenvalue weighted by Crippen LogP contribution is 2.28. The highest BCUT2D eigenvalue weighted by Gasteiger charge is 2.33. The highest BCUT2D eigenvalue weighted by atomic mass is 19.4. The van der Waals surface area contributed by atoms with Crippen molar-refractivity contribution < 1.29 is 22.7 Å². The Morgan fingerprint density at radius 1 is 1.33 bits per heavy atom. The summed E-state index contributed by atoms with van der Waals surface area (Å²) in [6, 6.07) is -0.126. The van der Waals surface area contributed by atoms with Crippen LogP contribution in [0.2, 0.25) is 0 Å². The van der Waals surface area contributed by atoms with Crippen LogP contribution in [0.3, 0.4) is 0 Å². The Hall–Kier alpha value is -0.980. The number of amides is 2. The minimum absolute atomic E-state index is 0.0504. The Kier molecular flexibility index (Phi) is 6.77. The van der Waals surface area contributed by atoms with Gasteiger partial charge >= 0.3 is 12.2 Å². The smallest absolute Gasteiger partial charge is 0.368 e. The first-order chi connectivity index (χ1) is 9.70. The van der Waals surface area contributed by atoms with Crippen molar-refractivity contribution in [3.63, 3.8) is 0 Å². The molecule has 1 fully saturated rings. The summed E-state index contributed by atoms with van der Waals surface area (Å²) < 4.78 is 41.7. The van der Waals surface area contributed by atoms with E-state index in [1.165, 1.54) is 0 Å². The second-order valence-corrected chi connectivity index (χ2v) is 5.90. The number of urea groups is 1. The van der Waals surface area contributed by atoms with E-state index in [0.717, 1.165) is 19.3 Å². The average molecular weight is 310 g/mol. The van der Waals surface area contributed by atoms with E-state index in [2.05, 4.69) is 5.32 Å². The number of hydrogen-bond acceptors (Lipinski definition) is 2. The van der Waals surface area contributed by atoms with Crippen LogP contribution >= 0.6 is 0 Å². The second-order valence-electron chi connectivity index (χ2n) is 5.90. The molecule has 0 heterocycles. The third-order valence-corrected chi connectivity index (χ3v) is 3.91. The maximum absolute atomic E-state index is 12.2. The van der Waals surface area contributed by atoms with Gasteiger partial charge < -0.3 is 15.0 Å². The zero-order valence-corrected chi connectivity index (χ0v) is 12.9. The van der Waals surface area contributed by atoms with Crippen molar-refractivity contribution in [3.8, 4) is 0 Å². The van der Waals surface area contributed by atoms with Gasteiger partial charge in [-0.3, -0.25) is 0 Å². The third kappa shape index (κ3) is 6.54. The molecule has 0 bridgehead atoms. The molecule has 0 aromatic heterocycles. The Bertz CT molecular complexity index is 335. The van der Waals surface area contributed by atoms with Crippen LogP contribution in [0, 0.1) is 5.92 Å². The van der Waals surface area contributed by atoms with E-state index in [-0.39, 0.29) is 18.0 Å². The minimum atomic E-state index is -4.30. The topological polar surface area (TPSA) is 41.6 Å². The monoisotopic (exact) mass is 310 g/mol. The second kappa shape index (κ2) is 7.87. The van der Waals surface area contributed by atoms with Crippen LogP contribution in [0.25, 0.3) is 0 Å². The van der Waals surface area contributed by atoms with Gasteiger partial charge in [-0.2, -0.15) is 13.2 Å². The molecule has 1 aliphatic rings. The lowest BCUT2D eigenvalue weighted by Gasteiger charge is -2.32. The van der Waals surface area contributed by atoms with Gasteiger partial charge in [0.1, 0.15) is 6.61 Å². The van der Waals surface area contributed by atoms with Crippen LogP contribution in [-0.4, -0.2) is 49.5 Å². The highest BCUT2D eigenvalue weighted by molar-refractivity contribution is 5.74. The van der Waals surface area contributed by atoms with Crippen LogP contribution in [0.4, 0.5) is 18.0 Å². The van der Waals surface area contributed by atoms with Gasteiger partial charge in [0.25, 0.3) is 0 Å². The molecule has 2 amide bonds. The molecule has 0 saturated heterocycles. The molecule has 0 unspecified atom stereocenters. The van der Waals surface area contributed by atoms with Crippen molar-refractivity contribution in [2.24, 2.45) is 5.92 Å². The predicted molar refractivity (Wildman–Crippen MR) is 74.1 cm³/mol. The van der Waals surface area contributed by atoms with E-state index in [1.54, 1.807) is 11.9 Å². The van der Waals surface area contributed by atoms with Crippen molar-refractivity contribution in [2.75, 3.05) is 20.2 Å². The van der Waals surface area contributed by atoms with Gasteiger partial charge in [-0.1, -0.05) is 12.8 Å². The van der Waals surface area contributed by atoms with E-state index in [0.29, 0.717) is 13.0 Å². The fourth-order valence-electron chi connectivity index (χ4n) is 2.41. The van der Waals surface area contributed by atoms with Gasteiger partial charge in [-0.15, -0.1) is 0 Å². The molecule has 7 heteroatoms. The summed E-state index contributed by atoms with van der Waals surface area (Å²) >= 11 is 0. The van der Waals surface area contributed by atoms with E-state index in [4.69, 9.17) is 4.74 Å². The molecule has 0 spiro atoms. The molecular formula is C14H25F3N2O2. The number of nitrogens with zero attached hydrogens (tertiary/aromatic N) is 1. The van der Waals surface area contributed by atoms with Crippen molar-refractivity contribution in [2.45, 2.75) is 57.9 Å². The Morgan fingerprint density at radius 2 is 1.95 bits per heavy atom. The summed E-state index contributed by atoms with van der Waals surface area (Å²) in [5.41, 5.74) is 0. The molecule has 4 nitrogen and oxygen atoms in total. The van der Waals surface area contributed by atoms with E-state index < -0.39 is 18.9 Å². The first kappa shape index (κ1) is 18.1. The van der Waals surface area contributed by atoms with Crippen LogP contribution in [0.1, 0.15) is 39.5 Å². The lowest BCUT2D eigenvalue weighted by atomic mass is 9.86. The van der Waals surface area contributed by atoms with Gasteiger partial charge in [0.2, 0.25) is 0 Å². The molecule has 1 rings (SSSR count). The van der Waals surface area contributed by atoms with Crippen LogP contribution in [0.15, 0.2) is 0 Å². The fraction of sp³-hybridized carbons (Fsp3) is 0.929. The number of alkyl halides is 3. The summed E-state index contributed by atoms with van der Waals surface area (Å²) in [4.78, 5) is 13.4. The van der Waals surface area contributed by atoms with Gasteiger partial charge in [0.15, 0.2) is 0 Å². The normalized spacial score (nSPS) is 23.2. The molecule has 124 valence electrons. The number of halogens is 3. The van der Waals surface area contributed by atoms with Crippen molar-refractivity contribution in [1.29, 1.82) is 0 Å². The number of ether oxygens (including phenoxy) is 1. The molecule has 1 N–H and O–H groups in total. The van der Waals surface area contributed by atoms with E-state index >= 15 is 0 Å². The summed E-state index contributed by atoms with van der Waals surface area (Å²) in [6.07, 6.45) is -1.48. The fourth-order valence-corrected chi connectivity index (χ4v) is 2.41. The first-order valence-corrected chi connectivity index (χ1v) is 7.39. The third-order valence-electron chi connectivity index (χ3n) is 3.91. The minimum Gasteiger partial charge on any atom is -0.368 e. The predicted octanol–water partition coefficient (Wildman–Crippen LogP) is 3.17. The molecule has 1 saturated carbocycles. The maximum atomic E-state index is 12.2. The van der Waals surface area contributed by atoms with Gasteiger partial charge in [0.05, 0.1) is 6.10 Å². The van der Waals surface area contributed by atoms with Crippen LogP contribution in [0.5, 0.6) is 0 Å². The molecule has 0 aliphatic heterocycles. The molecular weight excluding hydrogens is 285 g/mol. The maximum Gasteiger partial charge on any atom is 0.411 e. The standard InChI is InChI=1S/C14H25F3N2O2/c1-10(2)19(3)13(20)18-8-11-6-4-5-7-12(11)21-9-14(15,16)17/h10-12H,4-9H2,1-3H3,(H,18,20)/t11-,12+/m0/s1. The number of carbonyl (C=O) groups is 1. The molecule has 21 heavy (non-hydrogen) atoms. The van der Waals surface area contributed by atoms with Crippen LogP contribution < -0.4 is 5.32 Å². The van der Waals surface area contributed by atoms with Gasteiger partial charge in [-0.05, 0) is 26.7 Å². The number of hydrogen-bond donors (Lipinski definition) is 1. The molecule has 0 aromatic rings. The lowest BCUT2D eigenvalue weighted by Crippen LogP contribution is -2.45. The summed E-state index contributed by atoms with van der Waals surface area (Å²) in [7, 11) is 1.69. The van der Waals surface area contributed by atoms with Gasteiger partial charge in [-0.25, -0.2) is 4.79 Å². The SMILES string of the molecule is CC(C)N(C)C(=O)NC[C@@H]1CCCC[C@H]1OCC(F)(F)F. The average Bonchev–Trinajstić information content (AvgIpc) is 2.41. The zero-order chi connectivity index (χ0) is 16.0. The zero-order valence-electron chi connectivity index (χ0n) is 12.9. The summed E-state index contributed by atoms with van der Waals surface area (Å²) in [5, 5.41) is 2.79. The molecule has 0 radical (unpaired) electrons. The summed E-state index contributed by atoms with van der Waals surface area (Å²) in [6.45, 7) is 2.94. The Morgan fingerprint density at radius 3 is 2.52 bits per heavy atom. The van der Waals surface area contributed by atoms with Crippen LogP contribution in [-0.2, 0) is 4.74 Å². The molecule has 1 aliphatic carbocycles. The van der Waals surface area contributed by atoms with Crippen molar-refractivity contribution in [3.05, 3.63) is 0 Å². The largest absolute Gasteiger partial charge is 0.411 e.